The number of hydrogen-bond acceptors (Lipinski definition) is 6. The fraction of sp³-hybridized carbons (Fsp3) is 0.217. The van der Waals surface area contributed by atoms with Gasteiger partial charge in [-0.05, 0) is 50.2 Å². The molecule has 35 heavy (non-hydrogen) atoms. The number of carbonyl (C=O) groups is 1. The van der Waals surface area contributed by atoms with E-state index in [1.54, 1.807) is 25.1 Å². The van der Waals surface area contributed by atoms with Crippen LogP contribution in [0.4, 0.5) is 17.6 Å². The van der Waals surface area contributed by atoms with E-state index in [2.05, 4.69) is 25.3 Å². The van der Waals surface area contributed by atoms with Gasteiger partial charge in [-0.2, -0.15) is 0 Å². The van der Waals surface area contributed by atoms with Gasteiger partial charge in [-0.15, -0.1) is 18.3 Å². The van der Waals surface area contributed by atoms with E-state index < -0.39 is 42.8 Å². The Labute approximate surface area is 200 Å². The quantitative estimate of drug-likeness (QED) is 0.395. The van der Waals surface area contributed by atoms with Crippen LogP contribution in [0, 0.1) is 12.7 Å². The molecule has 4 rings (SSSR count). The molecule has 0 radical (unpaired) electrons. The summed E-state index contributed by atoms with van der Waals surface area (Å²) in [4.78, 5) is 17.5. The van der Waals surface area contributed by atoms with Crippen molar-refractivity contribution in [3.8, 4) is 22.9 Å². The molecule has 182 valence electrons. The average molecular weight is 492 g/mol. The highest BCUT2D eigenvalue weighted by Gasteiger charge is 2.31. The molecule has 0 saturated heterocycles. The lowest BCUT2D eigenvalue weighted by atomic mass is 10.0. The zero-order chi connectivity index (χ0) is 27.8. The molecule has 1 atom stereocenters. The van der Waals surface area contributed by atoms with Crippen molar-refractivity contribution in [1.82, 2.24) is 25.1 Å². The Morgan fingerprint density at radius 1 is 1.23 bits per heavy atom. The molecular weight excluding hydrogens is 470 g/mol. The molecule has 1 unspecified atom stereocenters. The van der Waals surface area contributed by atoms with E-state index in [1.165, 1.54) is 23.7 Å². The second-order valence-electron chi connectivity index (χ2n) is 7.48. The van der Waals surface area contributed by atoms with Gasteiger partial charge in [-0.25, -0.2) is 13.9 Å². The average Bonchev–Trinajstić information content (AvgIpc) is 3.27. The highest BCUT2D eigenvalue weighted by Crippen LogP contribution is 2.30. The number of aryl methyl sites for hydroxylation is 1. The third-order valence-electron chi connectivity index (χ3n) is 5.14. The Morgan fingerprint density at radius 3 is 2.77 bits per heavy atom. The first kappa shape index (κ1) is 20.2. The molecule has 0 fully saturated rings. The molecule has 3 aromatic heterocycles. The number of hydrogen-bond donors (Lipinski definition) is 1. The van der Waals surface area contributed by atoms with E-state index >= 15 is 0 Å². The molecule has 0 saturated carbocycles. The number of fused-ring (bicyclic) bond motifs is 1. The van der Waals surface area contributed by atoms with E-state index in [0.717, 1.165) is 18.2 Å². The Balaban J connectivity index is 1.73. The molecule has 12 heteroatoms. The first-order chi connectivity index (χ1) is 17.7. The van der Waals surface area contributed by atoms with Crippen LogP contribution >= 0.6 is 0 Å². The summed E-state index contributed by atoms with van der Waals surface area (Å²) in [6, 6.07) is 7.70. The second-order valence-corrected chi connectivity index (χ2v) is 7.48. The fourth-order valence-corrected chi connectivity index (χ4v) is 3.54. The number of rotatable bonds is 6. The summed E-state index contributed by atoms with van der Waals surface area (Å²) >= 11 is 0. The molecule has 0 bridgehead atoms. The molecular formula is C23H19F4N5O3. The van der Waals surface area contributed by atoms with Crippen LogP contribution in [0.15, 0.2) is 48.7 Å². The Hall–Kier alpha value is -4.22. The monoisotopic (exact) mass is 492 g/mol. The minimum atomic E-state index is -5.00. The van der Waals surface area contributed by atoms with Crippen LogP contribution in [-0.4, -0.2) is 39.1 Å². The third-order valence-corrected chi connectivity index (χ3v) is 5.14. The van der Waals surface area contributed by atoms with Crippen LogP contribution in [0.25, 0.3) is 16.8 Å². The van der Waals surface area contributed by atoms with Gasteiger partial charge in [0.1, 0.15) is 17.1 Å². The Morgan fingerprint density at radius 2 is 2.03 bits per heavy atom. The van der Waals surface area contributed by atoms with Crippen molar-refractivity contribution in [3.05, 3.63) is 71.3 Å². The number of carbonyl (C=O) groups excluding carboxylic acids is 1. The predicted molar refractivity (Wildman–Crippen MR) is 116 cm³/mol. The number of halogens is 4. The number of nitrogens with zero attached hydrogens (tertiary/aromatic N) is 4. The van der Waals surface area contributed by atoms with Gasteiger partial charge in [0.25, 0.3) is 5.91 Å². The number of nitrogens with one attached hydrogen (secondary N) is 1. The topological polar surface area (TPSA) is 90.6 Å². The number of amides is 1. The number of pyridine rings is 2. The molecule has 1 N–H and O–H groups in total. The summed E-state index contributed by atoms with van der Waals surface area (Å²) in [5, 5.41) is 10.3. The molecule has 0 aliphatic carbocycles. The molecule has 1 amide bonds. The van der Waals surface area contributed by atoms with Crippen LogP contribution in [0.2, 0.25) is 0 Å². The summed E-state index contributed by atoms with van der Waals surface area (Å²) in [7, 11) is -2.96. The van der Waals surface area contributed by atoms with Crippen molar-refractivity contribution in [3.63, 3.8) is 0 Å². The van der Waals surface area contributed by atoms with E-state index in [9.17, 15) is 22.4 Å². The molecule has 4 aromatic rings. The van der Waals surface area contributed by atoms with Gasteiger partial charge in [-0.1, -0.05) is 11.3 Å². The number of methoxy groups -OCH3 is 1. The lowest BCUT2D eigenvalue weighted by Crippen LogP contribution is -2.28. The van der Waals surface area contributed by atoms with Gasteiger partial charge >= 0.3 is 6.36 Å². The highest BCUT2D eigenvalue weighted by molar-refractivity contribution is 5.98. The first-order valence-electron chi connectivity index (χ1n) is 11.6. The van der Waals surface area contributed by atoms with Gasteiger partial charge < -0.3 is 14.8 Å². The van der Waals surface area contributed by atoms with Crippen molar-refractivity contribution >= 4 is 11.4 Å². The summed E-state index contributed by atoms with van der Waals surface area (Å²) in [6.07, 6.45) is -3.49. The van der Waals surface area contributed by atoms with Crippen LogP contribution in [0.3, 0.4) is 0 Å². The van der Waals surface area contributed by atoms with Gasteiger partial charge in [0.2, 0.25) is 5.88 Å². The number of alkyl halides is 3. The largest absolute Gasteiger partial charge is 0.573 e. The smallest absolute Gasteiger partial charge is 0.480 e. The van der Waals surface area contributed by atoms with Crippen molar-refractivity contribution in [2.75, 3.05) is 7.04 Å². The van der Waals surface area contributed by atoms with E-state index in [0.29, 0.717) is 22.5 Å². The summed E-state index contributed by atoms with van der Waals surface area (Å²) in [6.45, 7) is 2.90. The summed E-state index contributed by atoms with van der Waals surface area (Å²) in [5.74, 6) is -3.01. The zero-order valence-electron chi connectivity index (χ0n) is 21.2. The van der Waals surface area contributed by atoms with E-state index in [4.69, 9.17) is 8.85 Å². The number of aromatic nitrogens is 4. The molecule has 0 spiro atoms. The first-order valence-corrected chi connectivity index (χ1v) is 10.1. The van der Waals surface area contributed by atoms with E-state index in [-0.39, 0.29) is 11.1 Å². The molecule has 0 aliphatic heterocycles. The molecule has 0 aliphatic rings. The van der Waals surface area contributed by atoms with Gasteiger partial charge in [0.05, 0.1) is 40.3 Å². The fourth-order valence-electron chi connectivity index (χ4n) is 3.54. The minimum Gasteiger partial charge on any atom is -0.480 e. The minimum absolute atomic E-state index is 0.300. The second kappa shape index (κ2) is 9.20. The van der Waals surface area contributed by atoms with Gasteiger partial charge in [0.15, 0.2) is 0 Å². The van der Waals surface area contributed by atoms with Crippen LogP contribution < -0.4 is 14.8 Å². The lowest BCUT2D eigenvalue weighted by Gasteiger charge is -2.18. The van der Waals surface area contributed by atoms with Crippen molar-refractivity contribution in [1.29, 1.82) is 0 Å². The maximum atomic E-state index is 14.4. The molecule has 3 heterocycles. The lowest BCUT2D eigenvalue weighted by molar-refractivity contribution is -0.274. The Bertz CT molecular complexity index is 1510. The Kier molecular flexibility index (Phi) is 5.30. The van der Waals surface area contributed by atoms with Gasteiger partial charge in [0, 0.05) is 11.1 Å². The zero-order valence-corrected chi connectivity index (χ0v) is 18.2. The maximum Gasteiger partial charge on any atom is 0.573 e. The van der Waals surface area contributed by atoms with Crippen LogP contribution in [0.5, 0.6) is 11.6 Å². The number of ether oxygens (including phenoxy) is 2. The maximum absolute atomic E-state index is 14.4. The SMILES string of the molecule is [2H]C([2H])([2H])Oc1nc(C)c(-c2cccc3cnnn23)cc1C(=O)NC(C)c1cc(OC(F)(F)F)ccc1F. The van der Waals surface area contributed by atoms with Crippen molar-refractivity contribution in [2.45, 2.75) is 26.3 Å². The standard InChI is InChI=1S/C23H19F4N5O3/c1-12(16-9-15(7-8-19(16)24)35-23(25,26)27)29-21(33)18-10-17(13(2)30-22(18)34-3)20-6-4-5-14-11-28-31-32(14)20/h4-12H,1-3H3,(H,29,33)/i3D3. The highest BCUT2D eigenvalue weighted by atomic mass is 19.4. The summed E-state index contributed by atoms with van der Waals surface area (Å²) < 4.78 is 84.9. The van der Waals surface area contributed by atoms with Gasteiger partial charge in [-0.3, -0.25) is 4.79 Å². The van der Waals surface area contributed by atoms with Crippen LogP contribution in [-0.2, 0) is 0 Å². The molecule has 8 nitrogen and oxygen atoms in total. The van der Waals surface area contributed by atoms with Crippen molar-refractivity contribution in [2.24, 2.45) is 0 Å². The third kappa shape index (κ3) is 5.00. The summed E-state index contributed by atoms with van der Waals surface area (Å²) in [5.41, 5.74) is 1.21. The predicted octanol–water partition coefficient (Wildman–Crippen LogP) is 4.64. The number of benzene rings is 1. The normalized spacial score (nSPS) is 14.1. The molecule has 1 aromatic carbocycles. The van der Waals surface area contributed by atoms with Crippen molar-refractivity contribution < 1.29 is 35.9 Å². The van der Waals surface area contributed by atoms with Crippen LogP contribution in [0.1, 0.15) is 38.7 Å². The van der Waals surface area contributed by atoms with E-state index in [1.807, 2.05) is 0 Å².